The summed E-state index contributed by atoms with van der Waals surface area (Å²) in [5.74, 6) is 0.397. The number of nitrogens with one attached hydrogen (secondary N) is 2. The van der Waals surface area contributed by atoms with Crippen molar-refractivity contribution >= 4 is 57.5 Å². The van der Waals surface area contributed by atoms with E-state index >= 15 is 0 Å². The molecule has 0 aromatic heterocycles. The summed E-state index contributed by atoms with van der Waals surface area (Å²) in [6.45, 7) is 0.354. The predicted molar refractivity (Wildman–Crippen MR) is 155 cm³/mol. The lowest BCUT2D eigenvalue weighted by atomic mass is 10.2. The number of benzene rings is 4. The maximum absolute atomic E-state index is 11.0. The molecule has 196 valence electrons. The number of carboxylic acids is 1. The van der Waals surface area contributed by atoms with E-state index in [1.165, 1.54) is 23.9 Å². The van der Waals surface area contributed by atoms with Crippen LogP contribution >= 0.6 is 35.0 Å². The van der Waals surface area contributed by atoms with E-state index in [9.17, 15) is 4.79 Å². The van der Waals surface area contributed by atoms with Gasteiger partial charge in [0, 0.05) is 0 Å². The number of carbonyl (C=O) groups is 1. The van der Waals surface area contributed by atoms with Crippen LogP contribution in [0.5, 0.6) is 11.5 Å². The van der Waals surface area contributed by atoms with Crippen LogP contribution in [-0.2, 0) is 6.54 Å². The highest BCUT2D eigenvalue weighted by Crippen LogP contribution is 2.35. The van der Waals surface area contributed by atoms with Gasteiger partial charge in [0.2, 0.25) is 0 Å². The van der Waals surface area contributed by atoms with Crippen molar-refractivity contribution in [3.05, 3.63) is 118 Å². The van der Waals surface area contributed by atoms with Gasteiger partial charge in [-0.05, 0) is 77.9 Å². The summed E-state index contributed by atoms with van der Waals surface area (Å²) in [4.78, 5) is 15.5. The van der Waals surface area contributed by atoms with Gasteiger partial charge in [0.1, 0.15) is 16.9 Å². The first-order chi connectivity index (χ1) is 18.9. The van der Waals surface area contributed by atoms with Crippen molar-refractivity contribution < 1.29 is 14.6 Å². The molecule has 0 bridgehead atoms. The summed E-state index contributed by atoms with van der Waals surface area (Å²) in [5.41, 5.74) is 9.77. The summed E-state index contributed by atoms with van der Waals surface area (Å²) in [5, 5.41) is 19.0. The molecule has 0 spiro atoms. The number of amidine groups is 1. The Bertz CT molecular complexity index is 1560. The van der Waals surface area contributed by atoms with Crippen LogP contribution < -0.4 is 15.6 Å². The van der Waals surface area contributed by atoms with Gasteiger partial charge in [-0.15, -0.1) is 0 Å². The van der Waals surface area contributed by atoms with Gasteiger partial charge in [0.25, 0.3) is 0 Å². The lowest BCUT2D eigenvalue weighted by Gasteiger charge is -2.11. The smallest absolute Gasteiger partial charge is 0.335 e. The first-order valence-corrected chi connectivity index (χ1v) is 13.4. The number of hydrogen-bond acceptors (Lipinski definition) is 7. The molecule has 1 atom stereocenters. The maximum atomic E-state index is 11.0. The quantitative estimate of drug-likeness (QED) is 0.182. The minimum Gasteiger partial charge on any atom is -0.478 e. The predicted octanol–water partition coefficient (Wildman–Crippen LogP) is 8.30. The Morgan fingerprint density at radius 1 is 0.897 bits per heavy atom. The van der Waals surface area contributed by atoms with Crippen molar-refractivity contribution in [2.75, 3.05) is 0 Å². The average Bonchev–Trinajstić information content (AvgIpc) is 3.40. The van der Waals surface area contributed by atoms with Crippen molar-refractivity contribution in [2.24, 2.45) is 15.2 Å². The summed E-state index contributed by atoms with van der Waals surface area (Å²) in [7, 11) is 0. The van der Waals surface area contributed by atoms with E-state index in [4.69, 9.17) is 33.0 Å². The van der Waals surface area contributed by atoms with Gasteiger partial charge in [-0.1, -0.05) is 59.2 Å². The number of hydrazine groups is 1. The van der Waals surface area contributed by atoms with Crippen LogP contribution in [0.4, 0.5) is 11.4 Å². The van der Waals surface area contributed by atoms with Crippen LogP contribution in [0.2, 0.25) is 10.0 Å². The SMILES string of the molecule is O=C(O)c1ccc(N=NCc2cccc(Oc3cccc(C4NNC(=Nc5ccc(Cl)c(Cl)c5)S4)c3)c2)cc1. The van der Waals surface area contributed by atoms with Crippen LogP contribution in [-0.4, -0.2) is 16.2 Å². The Hall–Kier alpha value is -3.89. The van der Waals surface area contributed by atoms with E-state index in [0.717, 1.165) is 11.1 Å². The van der Waals surface area contributed by atoms with Gasteiger partial charge in [-0.2, -0.15) is 10.2 Å². The summed E-state index contributed by atoms with van der Waals surface area (Å²) < 4.78 is 6.12. The molecule has 0 aliphatic carbocycles. The molecule has 0 radical (unpaired) electrons. The molecule has 8 nitrogen and oxygen atoms in total. The van der Waals surface area contributed by atoms with Gasteiger partial charge in [-0.25, -0.2) is 15.2 Å². The highest BCUT2D eigenvalue weighted by Gasteiger charge is 2.23. The molecular weight excluding hydrogens is 557 g/mol. The molecule has 0 saturated carbocycles. The van der Waals surface area contributed by atoms with E-state index in [0.29, 0.717) is 44.6 Å². The van der Waals surface area contributed by atoms with Crippen molar-refractivity contribution in [3.8, 4) is 11.5 Å². The highest BCUT2D eigenvalue weighted by molar-refractivity contribution is 8.14. The monoisotopic (exact) mass is 577 g/mol. The fourth-order valence-electron chi connectivity index (χ4n) is 3.63. The number of azo groups is 1. The Morgan fingerprint density at radius 3 is 2.41 bits per heavy atom. The zero-order valence-corrected chi connectivity index (χ0v) is 22.5. The normalized spacial score (nSPS) is 15.9. The second kappa shape index (κ2) is 12.3. The summed E-state index contributed by atoms with van der Waals surface area (Å²) in [6.07, 6.45) is 0. The molecule has 39 heavy (non-hydrogen) atoms. The average molecular weight is 578 g/mol. The Morgan fingerprint density at radius 2 is 1.64 bits per heavy atom. The molecular formula is C28H21Cl2N5O3S. The lowest BCUT2D eigenvalue weighted by Crippen LogP contribution is -2.27. The van der Waals surface area contributed by atoms with Crippen LogP contribution in [0, 0.1) is 0 Å². The summed E-state index contributed by atoms with van der Waals surface area (Å²) in [6, 6.07) is 26.9. The van der Waals surface area contributed by atoms with Crippen LogP contribution in [0.25, 0.3) is 0 Å². The number of ether oxygens (including phenoxy) is 1. The molecule has 1 saturated heterocycles. The second-order valence-electron chi connectivity index (χ2n) is 8.36. The van der Waals surface area contributed by atoms with Crippen molar-refractivity contribution in [1.82, 2.24) is 10.9 Å². The zero-order valence-electron chi connectivity index (χ0n) is 20.2. The Labute approximate surface area is 238 Å². The molecule has 3 N–H and O–H groups in total. The van der Waals surface area contributed by atoms with E-state index in [1.807, 2.05) is 48.5 Å². The molecule has 4 aromatic rings. The number of rotatable bonds is 8. The third-order valence-electron chi connectivity index (χ3n) is 5.52. The molecule has 1 aliphatic rings. The fourth-order valence-corrected chi connectivity index (χ4v) is 4.82. The van der Waals surface area contributed by atoms with Gasteiger partial charge in [-0.3, -0.25) is 5.43 Å². The van der Waals surface area contributed by atoms with E-state index in [2.05, 4.69) is 26.1 Å². The molecule has 11 heteroatoms. The first-order valence-electron chi connectivity index (χ1n) is 11.7. The molecule has 1 aliphatic heterocycles. The number of nitrogens with zero attached hydrogens (tertiary/aromatic N) is 3. The lowest BCUT2D eigenvalue weighted by molar-refractivity contribution is 0.0697. The third-order valence-corrected chi connectivity index (χ3v) is 7.30. The number of aliphatic imine (C=N–C) groups is 1. The second-order valence-corrected chi connectivity index (χ2v) is 10.3. The van der Waals surface area contributed by atoms with Gasteiger partial charge in [0.05, 0.1) is 33.5 Å². The minimum atomic E-state index is -0.978. The van der Waals surface area contributed by atoms with E-state index < -0.39 is 5.97 Å². The molecule has 4 aromatic carbocycles. The highest BCUT2D eigenvalue weighted by atomic mass is 35.5. The van der Waals surface area contributed by atoms with Crippen molar-refractivity contribution in [2.45, 2.75) is 11.9 Å². The maximum Gasteiger partial charge on any atom is 0.335 e. The first kappa shape index (κ1) is 26.7. The minimum absolute atomic E-state index is 0.0635. The number of halogens is 2. The third kappa shape index (κ3) is 7.15. The number of aromatic carboxylic acids is 1. The van der Waals surface area contributed by atoms with Gasteiger partial charge >= 0.3 is 5.97 Å². The van der Waals surface area contributed by atoms with Crippen LogP contribution in [0.15, 0.2) is 106 Å². The van der Waals surface area contributed by atoms with Gasteiger partial charge < -0.3 is 9.84 Å². The van der Waals surface area contributed by atoms with Crippen molar-refractivity contribution in [1.29, 1.82) is 0 Å². The Balaban J connectivity index is 1.21. The van der Waals surface area contributed by atoms with Crippen LogP contribution in [0.1, 0.15) is 26.9 Å². The molecule has 1 heterocycles. The van der Waals surface area contributed by atoms with E-state index in [1.54, 1.807) is 30.3 Å². The molecule has 0 amide bonds. The Kier molecular flexibility index (Phi) is 8.43. The zero-order chi connectivity index (χ0) is 27.2. The fraction of sp³-hybridized carbons (Fsp3) is 0.0714. The largest absolute Gasteiger partial charge is 0.478 e. The van der Waals surface area contributed by atoms with E-state index in [-0.39, 0.29) is 10.9 Å². The molecule has 1 fully saturated rings. The molecule has 5 rings (SSSR count). The molecule has 1 unspecified atom stereocenters. The summed E-state index contributed by atoms with van der Waals surface area (Å²) >= 11 is 13.6. The number of carboxylic acid groups (broad SMARTS) is 1. The standard InChI is InChI=1S/C28H21Cl2N5O3S/c29-24-12-11-21(15-25(24)30)32-28-35-34-26(39-28)19-4-2-6-23(14-19)38-22-5-1-3-17(13-22)16-31-33-20-9-7-18(8-10-20)27(36)37/h1-15,26,34H,16H2,(H,32,35)(H,36,37). The number of thioether (sulfide) groups is 1. The van der Waals surface area contributed by atoms with Crippen molar-refractivity contribution in [3.63, 3.8) is 0 Å². The number of hydrogen-bond donors (Lipinski definition) is 3. The van der Waals surface area contributed by atoms with Gasteiger partial charge in [0.15, 0.2) is 5.17 Å². The topological polar surface area (TPSA) is 108 Å². The van der Waals surface area contributed by atoms with Crippen LogP contribution in [0.3, 0.4) is 0 Å².